The third-order valence-corrected chi connectivity index (χ3v) is 4.32. The van der Waals surface area contributed by atoms with Crippen LogP contribution in [0.2, 0.25) is 0 Å². The number of likely N-dealkylation sites (tertiary alicyclic amines) is 1. The fraction of sp³-hybridized carbons (Fsp3) is 0.588. The second-order valence-electron chi connectivity index (χ2n) is 6.13. The minimum Gasteiger partial charge on any atom is -0.393 e. The zero-order valence-corrected chi connectivity index (χ0v) is 15.7. The van der Waals surface area contributed by atoms with Crippen LogP contribution in [-0.4, -0.2) is 41.7 Å². The highest BCUT2D eigenvalue weighted by Crippen LogP contribution is 2.16. The molecule has 0 saturated carbocycles. The third kappa shape index (κ3) is 6.95. The van der Waals surface area contributed by atoms with Crippen LogP contribution in [-0.2, 0) is 17.9 Å². The van der Waals surface area contributed by atoms with E-state index in [4.69, 9.17) is 5.73 Å². The molecule has 0 aliphatic carbocycles. The Kier molecular flexibility index (Phi) is 11.2. The monoisotopic (exact) mass is 377 g/mol. The maximum absolute atomic E-state index is 11.9. The summed E-state index contributed by atoms with van der Waals surface area (Å²) in [6.45, 7) is 5.45. The van der Waals surface area contributed by atoms with Crippen LogP contribution in [0.4, 0.5) is 0 Å². The molecule has 5 nitrogen and oxygen atoms in total. The highest BCUT2D eigenvalue weighted by Gasteiger charge is 2.18. The molecule has 0 bridgehead atoms. The van der Waals surface area contributed by atoms with Crippen LogP contribution in [0.3, 0.4) is 0 Å². The van der Waals surface area contributed by atoms with Gasteiger partial charge < -0.3 is 16.2 Å². The molecule has 1 aromatic rings. The molecule has 1 aliphatic rings. The zero-order valence-electron chi connectivity index (χ0n) is 14.1. The van der Waals surface area contributed by atoms with Gasteiger partial charge in [0.2, 0.25) is 5.91 Å². The lowest BCUT2D eigenvalue weighted by atomic mass is 10.0. The number of hydrogen-bond donors (Lipinski definition) is 3. The highest BCUT2D eigenvalue weighted by atomic mass is 35.5. The van der Waals surface area contributed by atoms with E-state index in [9.17, 15) is 9.90 Å². The number of nitrogens with one attached hydrogen (secondary N) is 1. The van der Waals surface area contributed by atoms with Crippen molar-refractivity contribution in [3.8, 4) is 0 Å². The van der Waals surface area contributed by atoms with Crippen LogP contribution < -0.4 is 11.1 Å². The molecule has 24 heavy (non-hydrogen) atoms. The van der Waals surface area contributed by atoms with Gasteiger partial charge in [0.25, 0.3) is 0 Å². The van der Waals surface area contributed by atoms with Gasteiger partial charge in [0, 0.05) is 38.6 Å². The molecule has 2 rings (SSSR count). The van der Waals surface area contributed by atoms with Crippen molar-refractivity contribution in [3.63, 3.8) is 0 Å². The molecular weight excluding hydrogens is 349 g/mol. The van der Waals surface area contributed by atoms with Crippen LogP contribution in [0.5, 0.6) is 0 Å². The van der Waals surface area contributed by atoms with Crippen molar-refractivity contribution < 1.29 is 9.90 Å². The Morgan fingerprint density at radius 2 is 1.88 bits per heavy atom. The number of carbonyl (C=O) groups is 1. The molecule has 1 heterocycles. The quantitative estimate of drug-likeness (QED) is 0.704. The summed E-state index contributed by atoms with van der Waals surface area (Å²) in [6, 6.07) is 8.19. The molecule has 1 saturated heterocycles. The fourth-order valence-corrected chi connectivity index (χ4v) is 2.67. The van der Waals surface area contributed by atoms with E-state index in [1.54, 1.807) is 0 Å². The average Bonchev–Trinajstić information content (AvgIpc) is 2.55. The zero-order chi connectivity index (χ0) is 15.9. The van der Waals surface area contributed by atoms with Gasteiger partial charge in [-0.15, -0.1) is 24.8 Å². The van der Waals surface area contributed by atoms with Gasteiger partial charge in [-0.3, -0.25) is 9.69 Å². The first-order chi connectivity index (χ1) is 10.6. The molecule has 0 radical (unpaired) electrons. The summed E-state index contributed by atoms with van der Waals surface area (Å²) >= 11 is 0. The van der Waals surface area contributed by atoms with Gasteiger partial charge in [0.05, 0.1) is 6.10 Å². The number of carbonyl (C=O) groups excluding carboxylic acids is 1. The van der Waals surface area contributed by atoms with Gasteiger partial charge in [-0.2, -0.15) is 0 Å². The molecule has 1 atom stereocenters. The van der Waals surface area contributed by atoms with Crippen molar-refractivity contribution >= 4 is 30.7 Å². The molecule has 1 unspecified atom stereocenters. The minimum atomic E-state index is -0.157. The molecule has 1 aliphatic heterocycles. The molecule has 7 heteroatoms. The smallest absolute Gasteiger partial charge is 0.224 e. The lowest BCUT2D eigenvalue weighted by molar-refractivity contribution is -0.124. The molecule has 0 aromatic heterocycles. The van der Waals surface area contributed by atoms with E-state index < -0.39 is 0 Å². The Morgan fingerprint density at radius 3 is 2.46 bits per heavy atom. The van der Waals surface area contributed by atoms with Gasteiger partial charge in [-0.25, -0.2) is 0 Å². The van der Waals surface area contributed by atoms with E-state index in [-0.39, 0.29) is 42.7 Å². The normalized spacial score (nSPS) is 16.6. The Bertz CT molecular complexity index is 494. The average molecular weight is 378 g/mol. The minimum absolute atomic E-state index is 0. The number of aliphatic hydroxyl groups excluding tert-OH is 1. The first-order valence-corrected chi connectivity index (χ1v) is 8.05. The van der Waals surface area contributed by atoms with Gasteiger partial charge in [-0.1, -0.05) is 31.2 Å². The molecule has 138 valence electrons. The lowest BCUT2D eigenvalue weighted by Crippen LogP contribution is -2.36. The van der Waals surface area contributed by atoms with Crippen molar-refractivity contribution in [2.45, 2.75) is 39.0 Å². The standard InChI is InChI=1S/C17H27N3O2.2ClH/c1-13(10-18)17(22)19-11-14-4-2-3-5-15(14)12-20-8-6-16(21)7-9-20;;/h2-5,13,16,21H,6-12,18H2,1H3,(H,19,22);2*1H. The van der Waals surface area contributed by atoms with Crippen LogP contribution in [0.1, 0.15) is 30.9 Å². The Hall–Kier alpha value is -0.850. The van der Waals surface area contributed by atoms with Crippen molar-refractivity contribution in [1.82, 2.24) is 10.2 Å². The van der Waals surface area contributed by atoms with Gasteiger partial charge in [-0.05, 0) is 24.0 Å². The maximum atomic E-state index is 11.9. The van der Waals surface area contributed by atoms with Crippen molar-refractivity contribution in [2.24, 2.45) is 11.7 Å². The molecule has 1 aromatic carbocycles. The number of nitrogens with two attached hydrogens (primary N) is 1. The summed E-state index contributed by atoms with van der Waals surface area (Å²) in [7, 11) is 0. The number of piperidine rings is 1. The number of aliphatic hydroxyl groups is 1. The Morgan fingerprint density at radius 1 is 1.29 bits per heavy atom. The Balaban J connectivity index is 0.00000264. The summed E-state index contributed by atoms with van der Waals surface area (Å²) in [5, 5.41) is 12.5. The van der Waals surface area contributed by atoms with Crippen LogP contribution in [0.25, 0.3) is 0 Å². The second-order valence-corrected chi connectivity index (χ2v) is 6.13. The number of benzene rings is 1. The van der Waals surface area contributed by atoms with Gasteiger partial charge >= 0.3 is 0 Å². The SMILES string of the molecule is CC(CN)C(=O)NCc1ccccc1CN1CCC(O)CC1.Cl.Cl. The van der Waals surface area contributed by atoms with Crippen LogP contribution >= 0.6 is 24.8 Å². The predicted molar refractivity (Wildman–Crippen MR) is 102 cm³/mol. The summed E-state index contributed by atoms with van der Waals surface area (Å²) in [6.07, 6.45) is 1.53. The van der Waals surface area contributed by atoms with Gasteiger partial charge in [0.1, 0.15) is 0 Å². The highest BCUT2D eigenvalue weighted by molar-refractivity contribution is 5.85. The number of amides is 1. The van der Waals surface area contributed by atoms with E-state index in [0.29, 0.717) is 13.1 Å². The molecular formula is C17H29Cl2N3O2. The maximum Gasteiger partial charge on any atom is 0.224 e. The van der Waals surface area contributed by atoms with Crippen molar-refractivity contribution in [3.05, 3.63) is 35.4 Å². The predicted octanol–water partition coefficient (Wildman–Crippen LogP) is 1.70. The van der Waals surface area contributed by atoms with Crippen LogP contribution in [0.15, 0.2) is 24.3 Å². The summed E-state index contributed by atoms with van der Waals surface area (Å²) in [5.41, 5.74) is 7.90. The largest absolute Gasteiger partial charge is 0.393 e. The number of hydrogen-bond acceptors (Lipinski definition) is 4. The van der Waals surface area contributed by atoms with E-state index in [1.165, 1.54) is 5.56 Å². The molecule has 4 N–H and O–H groups in total. The summed E-state index contributed by atoms with van der Waals surface area (Å²) in [4.78, 5) is 14.2. The van der Waals surface area contributed by atoms with Gasteiger partial charge in [0.15, 0.2) is 0 Å². The topological polar surface area (TPSA) is 78.6 Å². The van der Waals surface area contributed by atoms with E-state index in [0.717, 1.165) is 38.0 Å². The van der Waals surface area contributed by atoms with E-state index >= 15 is 0 Å². The summed E-state index contributed by atoms with van der Waals surface area (Å²) < 4.78 is 0. The van der Waals surface area contributed by atoms with Crippen molar-refractivity contribution in [1.29, 1.82) is 0 Å². The van der Waals surface area contributed by atoms with Crippen LogP contribution in [0, 0.1) is 5.92 Å². The van der Waals surface area contributed by atoms with E-state index in [1.807, 2.05) is 19.1 Å². The first-order valence-electron chi connectivity index (χ1n) is 8.05. The number of nitrogens with zero attached hydrogens (tertiary/aromatic N) is 1. The number of rotatable bonds is 6. The first kappa shape index (κ1) is 23.1. The molecule has 0 spiro atoms. The fourth-order valence-electron chi connectivity index (χ4n) is 2.67. The summed E-state index contributed by atoms with van der Waals surface area (Å²) in [5.74, 6) is -0.158. The third-order valence-electron chi connectivity index (χ3n) is 4.32. The molecule has 1 fully saturated rings. The van der Waals surface area contributed by atoms with Crippen molar-refractivity contribution in [2.75, 3.05) is 19.6 Å². The van der Waals surface area contributed by atoms with E-state index in [2.05, 4.69) is 22.3 Å². The Labute approximate surface area is 156 Å². The molecule has 1 amide bonds. The second kappa shape index (κ2) is 11.7. The lowest BCUT2D eigenvalue weighted by Gasteiger charge is -2.30. The number of halogens is 2.